The number of hydrogen-bond acceptors (Lipinski definition) is 4. The molecule has 72 valence electrons. The first-order chi connectivity index (χ1) is 6.86. The molecule has 0 saturated heterocycles. The van der Waals surface area contributed by atoms with E-state index in [1.807, 2.05) is 6.07 Å². The number of ether oxygens (including phenoxy) is 2. The zero-order chi connectivity index (χ0) is 9.97. The van der Waals surface area contributed by atoms with E-state index in [0.717, 1.165) is 5.56 Å². The fourth-order valence-electron chi connectivity index (χ4n) is 1.38. The summed E-state index contributed by atoms with van der Waals surface area (Å²) in [4.78, 5) is 0. The Morgan fingerprint density at radius 2 is 2.29 bits per heavy atom. The molecule has 1 heterocycles. The summed E-state index contributed by atoms with van der Waals surface area (Å²) >= 11 is 0. The summed E-state index contributed by atoms with van der Waals surface area (Å²) in [5, 5.41) is 11.5. The van der Waals surface area contributed by atoms with Crippen molar-refractivity contribution in [2.24, 2.45) is 5.16 Å². The minimum atomic E-state index is 0.197. The van der Waals surface area contributed by atoms with Gasteiger partial charge in [0.2, 0.25) is 6.79 Å². The van der Waals surface area contributed by atoms with Crippen LogP contribution in [0.4, 0.5) is 0 Å². The molecule has 0 fully saturated rings. The van der Waals surface area contributed by atoms with Crippen LogP contribution >= 0.6 is 0 Å². The van der Waals surface area contributed by atoms with Gasteiger partial charge in [-0.05, 0) is 11.6 Å². The second-order valence-corrected chi connectivity index (χ2v) is 2.75. The second kappa shape index (κ2) is 3.41. The summed E-state index contributed by atoms with van der Waals surface area (Å²) in [7, 11) is 0. The van der Waals surface area contributed by atoms with Crippen molar-refractivity contribution in [3.63, 3.8) is 0 Å². The van der Waals surface area contributed by atoms with Gasteiger partial charge in [0.25, 0.3) is 0 Å². The quantitative estimate of drug-likeness (QED) is 0.441. The van der Waals surface area contributed by atoms with Crippen LogP contribution in [-0.2, 0) is 0 Å². The molecule has 1 aliphatic heterocycles. The Labute approximate surface area is 81.1 Å². The third-order valence-corrected chi connectivity index (χ3v) is 2.02. The van der Waals surface area contributed by atoms with Crippen LogP contribution in [0.1, 0.15) is 11.1 Å². The topological polar surface area (TPSA) is 51.1 Å². The van der Waals surface area contributed by atoms with Gasteiger partial charge >= 0.3 is 0 Å². The smallest absolute Gasteiger partial charge is 0.231 e. The van der Waals surface area contributed by atoms with Crippen molar-refractivity contribution in [1.82, 2.24) is 0 Å². The molecule has 4 heteroatoms. The average Bonchev–Trinajstić information content (AvgIpc) is 2.67. The van der Waals surface area contributed by atoms with Crippen molar-refractivity contribution >= 4 is 12.3 Å². The maximum atomic E-state index is 8.51. The largest absolute Gasteiger partial charge is 0.454 e. The molecule has 1 aliphatic rings. The van der Waals surface area contributed by atoms with Crippen LogP contribution in [0.3, 0.4) is 0 Å². The van der Waals surface area contributed by atoms with Gasteiger partial charge < -0.3 is 14.7 Å². The van der Waals surface area contributed by atoms with E-state index in [2.05, 4.69) is 11.7 Å². The van der Waals surface area contributed by atoms with E-state index in [1.54, 1.807) is 12.1 Å². The Kier molecular flexibility index (Phi) is 2.10. The van der Waals surface area contributed by atoms with Gasteiger partial charge in [-0.3, -0.25) is 0 Å². The summed E-state index contributed by atoms with van der Waals surface area (Å²) in [6, 6.07) is 3.63. The highest BCUT2D eigenvalue weighted by Crippen LogP contribution is 2.36. The molecule has 2 rings (SSSR count). The van der Waals surface area contributed by atoms with Gasteiger partial charge in [0, 0.05) is 5.56 Å². The van der Waals surface area contributed by atoms with Gasteiger partial charge in [0.1, 0.15) is 0 Å². The molecule has 0 spiro atoms. The number of hydrogen-bond donors (Lipinski definition) is 1. The first-order valence-corrected chi connectivity index (χ1v) is 4.09. The van der Waals surface area contributed by atoms with E-state index in [0.29, 0.717) is 17.1 Å². The van der Waals surface area contributed by atoms with E-state index in [1.165, 1.54) is 6.21 Å². The van der Waals surface area contributed by atoms with Gasteiger partial charge in [-0.1, -0.05) is 23.9 Å². The van der Waals surface area contributed by atoms with Crippen molar-refractivity contribution in [2.45, 2.75) is 0 Å². The van der Waals surface area contributed by atoms with Gasteiger partial charge in [-0.15, -0.1) is 0 Å². The third-order valence-electron chi connectivity index (χ3n) is 2.02. The monoisotopic (exact) mass is 191 g/mol. The summed E-state index contributed by atoms with van der Waals surface area (Å²) in [6.45, 7) is 3.86. The molecule has 0 radical (unpaired) electrons. The lowest BCUT2D eigenvalue weighted by Gasteiger charge is -2.03. The van der Waals surface area contributed by atoms with Crippen molar-refractivity contribution in [2.75, 3.05) is 6.79 Å². The Hall–Kier alpha value is -1.97. The van der Waals surface area contributed by atoms with Crippen LogP contribution in [-0.4, -0.2) is 18.2 Å². The lowest BCUT2D eigenvalue weighted by Crippen LogP contribution is -1.95. The minimum Gasteiger partial charge on any atom is -0.454 e. The maximum absolute atomic E-state index is 8.51. The van der Waals surface area contributed by atoms with Crippen LogP contribution in [0.25, 0.3) is 6.08 Å². The summed E-state index contributed by atoms with van der Waals surface area (Å²) in [5.41, 5.74) is 1.52. The molecule has 1 aromatic carbocycles. The normalized spacial score (nSPS) is 13.4. The zero-order valence-electron chi connectivity index (χ0n) is 7.43. The molecule has 0 amide bonds. The number of oxime groups is 1. The lowest BCUT2D eigenvalue weighted by atomic mass is 10.1. The maximum Gasteiger partial charge on any atom is 0.231 e. The molecule has 14 heavy (non-hydrogen) atoms. The highest BCUT2D eigenvalue weighted by atomic mass is 16.7. The lowest BCUT2D eigenvalue weighted by molar-refractivity contribution is 0.174. The molecule has 0 bridgehead atoms. The van der Waals surface area contributed by atoms with Gasteiger partial charge in [-0.2, -0.15) is 0 Å². The molecule has 4 nitrogen and oxygen atoms in total. The van der Waals surface area contributed by atoms with Crippen molar-refractivity contribution in [3.05, 3.63) is 29.8 Å². The fourth-order valence-corrected chi connectivity index (χ4v) is 1.38. The van der Waals surface area contributed by atoms with Crippen molar-refractivity contribution in [1.29, 1.82) is 0 Å². The van der Waals surface area contributed by atoms with Crippen LogP contribution in [0, 0.1) is 0 Å². The van der Waals surface area contributed by atoms with Crippen LogP contribution in [0.2, 0.25) is 0 Å². The van der Waals surface area contributed by atoms with E-state index in [4.69, 9.17) is 14.7 Å². The highest BCUT2D eigenvalue weighted by molar-refractivity contribution is 5.90. The molecular weight excluding hydrogens is 182 g/mol. The highest BCUT2D eigenvalue weighted by Gasteiger charge is 2.18. The molecule has 0 atom stereocenters. The molecule has 0 aliphatic carbocycles. The predicted molar refractivity (Wildman–Crippen MR) is 52.0 cm³/mol. The van der Waals surface area contributed by atoms with E-state index in [-0.39, 0.29) is 6.79 Å². The van der Waals surface area contributed by atoms with Gasteiger partial charge in [0.05, 0.1) is 6.21 Å². The molecule has 0 unspecified atom stereocenters. The Bertz CT molecular complexity index is 399. The molecule has 1 aromatic rings. The summed E-state index contributed by atoms with van der Waals surface area (Å²) in [6.07, 6.45) is 2.98. The summed E-state index contributed by atoms with van der Waals surface area (Å²) in [5.74, 6) is 1.26. The van der Waals surface area contributed by atoms with Crippen molar-refractivity contribution in [3.8, 4) is 11.5 Å². The summed E-state index contributed by atoms with van der Waals surface area (Å²) < 4.78 is 10.4. The van der Waals surface area contributed by atoms with Crippen LogP contribution in [0.15, 0.2) is 23.9 Å². The average molecular weight is 191 g/mol. The standard InChI is InChI=1S/C10H9NO3/c1-2-7-3-4-9-10(14-6-13-9)8(7)5-11-12/h2-5,12H,1,6H2/b11-5+. The van der Waals surface area contributed by atoms with Gasteiger partial charge in [-0.25, -0.2) is 0 Å². The van der Waals surface area contributed by atoms with E-state index < -0.39 is 0 Å². The molecule has 0 aromatic heterocycles. The number of nitrogens with zero attached hydrogens (tertiary/aromatic N) is 1. The molecule has 0 saturated carbocycles. The number of benzene rings is 1. The number of rotatable bonds is 2. The second-order valence-electron chi connectivity index (χ2n) is 2.75. The molecule has 1 N–H and O–H groups in total. The zero-order valence-corrected chi connectivity index (χ0v) is 7.43. The SMILES string of the molecule is C=Cc1ccc2c(c1/C=N/O)OCO2. The van der Waals surface area contributed by atoms with E-state index in [9.17, 15) is 0 Å². The van der Waals surface area contributed by atoms with Gasteiger partial charge in [0.15, 0.2) is 11.5 Å². The number of fused-ring (bicyclic) bond motifs is 1. The first kappa shape index (κ1) is 8.62. The predicted octanol–water partition coefficient (Wildman–Crippen LogP) is 1.87. The van der Waals surface area contributed by atoms with E-state index >= 15 is 0 Å². The Morgan fingerprint density at radius 1 is 1.43 bits per heavy atom. The van der Waals surface area contributed by atoms with Crippen molar-refractivity contribution < 1.29 is 14.7 Å². The van der Waals surface area contributed by atoms with Crippen LogP contribution in [0.5, 0.6) is 11.5 Å². The fraction of sp³-hybridized carbons (Fsp3) is 0.100. The third kappa shape index (κ3) is 1.21. The minimum absolute atomic E-state index is 0.197. The molecular formula is C10H9NO3. The van der Waals surface area contributed by atoms with Crippen LogP contribution < -0.4 is 9.47 Å². The Morgan fingerprint density at radius 3 is 3.00 bits per heavy atom. The Balaban J connectivity index is 2.61. The first-order valence-electron chi connectivity index (χ1n) is 4.09.